The summed E-state index contributed by atoms with van der Waals surface area (Å²) in [7, 11) is 0. The summed E-state index contributed by atoms with van der Waals surface area (Å²) in [6.45, 7) is 7.83. The third-order valence-corrected chi connectivity index (χ3v) is 9.49. The molecule has 0 nitrogen and oxygen atoms in total. The molecule has 0 heterocycles. The Kier molecular flexibility index (Phi) is 2.41. The Morgan fingerprint density at radius 2 is 1.40 bits per heavy atom. The van der Waals surface area contributed by atoms with Gasteiger partial charge in [0.1, 0.15) is 0 Å². The summed E-state index contributed by atoms with van der Waals surface area (Å²) in [6, 6.07) is 0. The Morgan fingerprint density at radius 1 is 0.750 bits per heavy atom. The molecule has 0 heteroatoms. The normalized spacial score (nSPS) is 62.2. The first-order chi connectivity index (χ1) is 9.60. The van der Waals surface area contributed by atoms with Crippen molar-refractivity contribution < 1.29 is 0 Å². The second-order valence-electron chi connectivity index (χ2n) is 9.80. The topological polar surface area (TPSA) is 0 Å². The third-order valence-electron chi connectivity index (χ3n) is 9.49. The van der Waals surface area contributed by atoms with E-state index in [0.29, 0.717) is 0 Å². The molecule has 0 saturated heterocycles. The van der Waals surface area contributed by atoms with Crippen molar-refractivity contribution in [3.8, 4) is 0 Å². The van der Waals surface area contributed by atoms with Crippen LogP contribution in [0.1, 0.15) is 65.7 Å². The zero-order valence-corrected chi connectivity index (χ0v) is 13.6. The van der Waals surface area contributed by atoms with Crippen LogP contribution in [-0.2, 0) is 0 Å². The highest BCUT2D eigenvalue weighted by Gasteiger charge is 2.67. The molecule has 0 radical (unpaired) electrons. The fraction of sp³-hybridized carbons (Fsp3) is 1.00. The fourth-order valence-corrected chi connectivity index (χ4v) is 8.58. The van der Waals surface area contributed by atoms with Crippen molar-refractivity contribution in [2.45, 2.75) is 65.7 Å². The van der Waals surface area contributed by atoms with Crippen molar-refractivity contribution >= 4 is 0 Å². The summed E-state index contributed by atoms with van der Waals surface area (Å²) < 4.78 is 0. The van der Waals surface area contributed by atoms with Crippen LogP contribution in [0.15, 0.2) is 0 Å². The van der Waals surface area contributed by atoms with Gasteiger partial charge in [0, 0.05) is 0 Å². The molecule has 9 unspecified atom stereocenters. The van der Waals surface area contributed by atoms with Crippen LogP contribution in [-0.4, -0.2) is 0 Å². The number of hydrogen-bond acceptors (Lipinski definition) is 0. The first kappa shape index (κ1) is 12.5. The van der Waals surface area contributed by atoms with Crippen molar-refractivity contribution in [2.75, 3.05) is 0 Å². The smallest absolute Gasteiger partial charge is 0.0295 e. The van der Waals surface area contributed by atoms with Gasteiger partial charge >= 0.3 is 0 Å². The van der Waals surface area contributed by atoms with Crippen LogP contribution in [0.3, 0.4) is 0 Å². The van der Waals surface area contributed by atoms with Crippen molar-refractivity contribution in [3.05, 3.63) is 0 Å². The highest BCUT2D eigenvalue weighted by atomic mass is 14.7. The number of hydrogen-bond donors (Lipinski definition) is 0. The largest absolute Gasteiger partial charge is 0.0620 e. The molecule has 0 N–H and O–H groups in total. The summed E-state index contributed by atoms with van der Waals surface area (Å²) in [4.78, 5) is 0. The Hall–Kier alpha value is 0. The van der Waals surface area contributed by atoms with Crippen molar-refractivity contribution in [1.29, 1.82) is 0 Å². The highest BCUT2D eigenvalue weighted by molar-refractivity contribution is 5.15. The minimum Gasteiger partial charge on any atom is -0.0620 e. The molecule has 5 rings (SSSR count). The zero-order valence-electron chi connectivity index (χ0n) is 13.6. The Balaban J connectivity index is 1.46. The lowest BCUT2D eigenvalue weighted by molar-refractivity contribution is 0.00417. The number of fused-ring (bicyclic) bond motifs is 9. The predicted octanol–water partition coefficient (Wildman–Crippen LogP) is 5.38. The first-order valence-corrected chi connectivity index (χ1v) is 9.60. The maximum absolute atomic E-state index is 2.67. The molecular weight excluding hydrogens is 240 g/mol. The highest BCUT2D eigenvalue weighted by Crippen LogP contribution is 2.73. The molecule has 0 spiro atoms. The molecule has 0 aromatic heterocycles. The molecule has 5 fully saturated rings. The number of rotatable bonds is 1. The average molecular weight is 272 g/mol. The maximum Gasteiger partial charge on any atom is -0.0295 e. The second-order valence-corrected chi connectivity index (χ2v) is 9.80. The van der Waals surface area contributed by atoms with Crippen molar-refractivity contribution in [2.24, 2.45) is 58.7 Å². The molecule has 5 aliphatic rings. The van der Waals surface area contributed by atoms with Gasteiger partial charge in [-0.15, -0.1) is 0 Å². The van der Waals surface area contributed by atoms with E-state index in [4.69, 9.17) is 0 Å². The summed E-state index contributed by atoms with van der Waals surface area (Å²) >= 11 is 0. The van der Waals surface area contributed by atoms with Crippen LogP contribution in [0.5, 0.6) is 0 Å². The molecule has 9 atom stereocenters. The standard InChI is InChI=1S/C20H32/c1-11-12(2)15-10-14(11)18-13-8-16(19(15)18)17(9-13)20(3)6-4-5-7-20/h11-19H,4-10H2,1-3H3. The molecule has 112 valence electrons. The SMILES string of the molecule is CC1C(C)C2CC1C1C3CC(C21)C(C1(C)CCCC1)C3. The van der Waals surface area contributed by atoms with Crippen LogP contribution in [0.4, 0.5) is 0 Å². The summed E-state index contributed by atoms with van der Waals surface area (Å²) in [5.41, 5.74) is 0.751. The molecule has 0 aliphatic heterocycles. The minimum absolute atomic E-state index is 0.751. The van der Waals surface area contributed by atoms with Crippen LogP contribution < -0.4 is 0 Å². The summed E-state index contributed by atoms with van der Waals surface area (Å²) in [5, 5.41) is 0. The van der Waals surface area contributed by atoms with Gasteiger partial charge in [0.05, 0.1) is 0 Å². The Labute approximate surface area is 125 Å². The monoisotopic (exact) mass is 272 g/mol. The predicted molar refractivity (Wildman–Crippen MR) is 83.2 cm³/mol. The van der Waals surface area contributed by atoms with Gasteiger partial charge in [0.15, 0.2) is 0 Å². The van der Waals surface area contributed by atoms with Crippen molar-refractivity contribution in [3.63, 3.8) is 0 Å². The lowest BCUT2D eigenvalue weighted by atomic mass is 9.57. The van der Waals surface area contributed by atoms with Gasteiger partial charge in [-0.05, 0) is 90.8 Å². The van der Waals surface area contributed by atoms with E-state index in [9.17, 15) is 0 Å². The second kappa shape index (κ2) is 3.85. The first-order valence-electron chi connectivity index (χ1n) is 9.60. The molecule has 5 aliphatic carbocycles. The third kappa shape index (κ3) is 1.31. The maximum atomic E-state index is 2.67. The van der Waals surface area contributed by atoms with Gasteiger partial charge in [0.2, 0.25) is 0 Å². The van der Waals surface area contributed by atoms with Gasteiger partial charge < -0.3 is 0 Å². The molecular formula is C20H32. The zero-order chi connectivity index (χ0) is 13.6. The molecule has 0 amide bonds. The Morgan fingerprint density at radius 3 is 2.10 bits per heavy atom. The molecule has 4 bridgehead atoms. The van der Waals surface area contributed by atoms with E-state index in [1.807, 2.05) is 0 Å². The molecule has 0 aromatic carbocycles. The van der Waals surface area contributed by atoms with E-state index in [1.54, 1.807) is 32.1 Å². The van der Waals surface area contributed by atoms with Crippen LogP contribution >= 0.6 is 0 Å². The summed E-state index contributed by atoms with van der Waals surface area (Å²) in [5.74, 6) is 10.1. The van der Waals surface area contributed by atoms with E-state index >= 15 is 0 Å². The van der Waals surface area contributed by atoms with E-state index in [0.717, 1.165) is 46.8 Å². The molecule has 5 saturated carbocycles. The quantitative estimate of drug-likeness (QED) is 0.562. The van der Waals surface area contributed by atoms with E-state index in [2.05, 4.69) is 20.8 Å². The van der Waals surface area contributed by atoms with E-state index < -0.39 is 0 Å². The lowest BCUT2D eigenvalue weighted by Gasteiger charge is -2.47. The lowest BCUT2D eigenvalue weighted by Crippen LogP contribution is -2.42. The van der Waals surface area contributed by atoms with Crippen LogP contribution in [0.2, 0.25) is 0 Å². The van der Waals surface area contributed by atoms with Crippen LogP contribution in [0.25, 0.3) is 0 Å². The van der Waals surface area contributed by atoms with Gasteiger partial charge in [0.25, 0.3) is 0 Å². The summed E-state index contributed by atoms with van der Waals surface area (Å²) in [6.07, 6.45) is 11.1. The van der Waals surface area contributed by atoms with E-state index in [1.165, 1.54) is 24.7 Å². The molecule has 0 aromatic rings. The van der Waals surface area contributed by atoms with Gasteiger partial charge in [-0.25, -0.2) is 0 Å². The average Bonchev–Trinajstić information content (AvgIpc) is 3.17. The van der Waals surface area contributed by atoms with Gasteiger partial charge in [-0.3, -0.25) is 0 Å². The van der Waals surface area contributed by atoms with Gasteiger partial charge in [-0.2, -0.15) is 0 Å². The fourth-order valence-electron chi connectivity index (χ4n) is 8.58. The minimum atomic E-state index is 0.751. The van der Waals surface area contributed by atoms with Gasteiger partial charge in [-0.1, -0.05) is 33.6 Å². The van der Waals surface area contributed by atoms with E-state index in [-0.39, 0.29) is 0 Å². The molecule has 20 heavy (non-hydrogen) atoms. The van der Waals surface area contributed by atoms with Crippen molar-refractivity contribution in [1.82, 2.24) is 0 Å². The Bertz CT molecular complexity index is 418. The van der Waals surface area contributed by atoms with Crippen LogP contribution in [0, 0.1) is 58.7 Å².